The van der Waals surface area contributed by atoms with Crippen molar-refractivity contribution < 1.29 is 4.39 Å². The third kappa shape index (κ3) is 1.98. The molecule has 0 atom stereocenters. The molecule has 0 aliphatic rings. The van der Waals surface area contributed by atoms with E-state index in [9.17, 15) is 4.39 Å². The van der Waals surface area contributed by atoms with Gasteiger partial charge in [0.05, 0.1) is 0 Å². The Hall–Kier alpha value is -1.84. The first-order valence-electron chi connectivity index (χ1n) is 4.67. The van der Waals surface area contributed by atoms with Crippen LogP contribution >= 0.6 is 0 Å². The predicted molar refractivity (Wildman–Crippen MR) is 56.8 cm³/mol. The molecule has 0 aliphatic carbocycles. The Labute approximate surface area is 87.4 Å². The summed E-state index contributed by atoms with van der Waals surface area (Å²) in [7, 11) is 1.92. The molecule has 1 aromatic heterocycles. The fraction of sp³-hybridized carbons (Fsp3) is 0.182. The lowest BCUT2D eigenvalue weighted by Crippen LogP contribution is -2.01. The molecule has 4 heteroatoms. The van der Waals surface area contributed by atoms with Crippen LogP contribution in [0.3, 0.4) is 0 Å². The molecule has 0 saturated heterocycles. The lowest BCUT2D eigenvalue weighted by Gasteiger charge is -2.05. The summed E-state index contributed by atoms with van der Waals surface area (Å²) in [6.07, 6.45) is 4.22. The first kappa shape index (κ1) is 9.71. The Morgan fingerprint density at radius 2 is 2.27 bits per heavy atom. The smallest absolute Gasteiger partial charge is 0.125 e. The molecule has 0 amide bonds. The Morgan fingerprint density at radius 1 is 1.47 bits per heavy atom. The van der Waals surface area contributed by atoms with Crippen LogP contribution in [0.15, 0.2) is 30.6 Å². The lowest BCUT2D eigenvalue weighted by atomic mass is 10.1. The number of rotatable bonds is 2. The maximum absolute atomic E-state index is 12.8. The second-order valence-electron chi connectivity index (χ2n) is 3.47. The number of hydrogen-bond acceptors (Lipinski definition) is 2. The van der Waals surface area contributed by atoms with Crippen LogP contribution in [0.4, 0.5) is 10.1 Å². The number of aromatic nitrogens is 2. The highest BCUT2D eigenvalue weighted by molar-refractivity contribution is 5.48. The second-order valence-corrected chi connectivity index (χ2v) is 3.47. The first-order chi connectivity index (χ1) is 7.16. The monoisotopic (exact) mass is 205 g/mol. The molecule has 1 heterocycles. The van der Waals surface area contributed by atoms with E-state index in [4.69, 9.17) is 5.73 Å². The Balaban J connectivity index is 2.29. The zero-order valence-corrected chi connectivity index (χ0v) is 8.44. The van der Waals surface area contributed by atoms with E-state index in [1.54, 1.807) is 12.3 Å². The molecule has 15 heavy (non-hydrogen) atoms. The lowest BCUT2D eigenvalue weighted by molar-refractivity contribution is 0.628. The number of aryl methyl sites for hydroxylation is 1. The molecule has 1 aromatic carbocycles. The number of imidazole rings is 1. The van der Waals surface area contributed by atoms with E-state index in [0.29, 0.717) is 12.1 Å². The molecule has 0 fully saturated rings. The van der Waals surface area contributed by atoms with Crippen molar-refractivity contribution in [2.75, 3.05) is 5.73 Å². The molecule has 2 aromatic rings. The van der Waals surface area contributed by atoms with Gasteiger partial charge in [0, 0.05) is 31.5 Å². The maximum atomic E-state index is 12.8. The fourth-order valence-corrected chi connectivity index (χ4v) is 1.46. The van der Waals surface area contributed by atoms with Gasteiger partial charge in [-0.1, -0.05) is 6.07 Å². The zero-order chi connectivity index (χ0) is 10.8. The molecule has 0 saturated carbocycles. The van der Waals surface area contributed by atoms with Crippen molar-refractivity contribution in [1.82, 2.24) is 9.55 Å². The van der Waals surface area contributed by atoms with E-state index in [-0.39, 0.29) is 5.82 Å². The van der Waals surface area contributed by atoms with Gasteiger partial charge in [0.1, 0.15) is 11.6 Å². The van der Waals surface area contributed by atoms with Crippen LogP contribution in [-0.4, -0.2) is 9.55 Å². The number of hydrogen-bond donors (Lipinski definition) is 1. The Kier molecular flexibility index (Phi) is 2.41. The largest absolute Gasteiger partial charge is 0.398 e. The van der Waals surface area contributed by atoms with E-state index < -0.39 is 0 Å². The highest BCUT2D eigenvalue weighted by Gasteiger charge is 2.05. The van der Waals surface area contributed by atoms with Crippen LogP contribution in [0.2, 0.25) is 0 Å². The Morgan fingerprint density at radius 3 is 2.87 bits per heavy atom. The van der Waals surface area contributed by atoms with Crippen LogP contribution in [0.1, 0.15) is 11.4 Å². The number of nitrogens with zero attached hydrogens (tertiary/aromatic N) is 2. The maximum Gasteiger partial charge on any atom is 0.125 e. The molecule has 2 N–H and O–H groups in total. The third-order valence-electron chi connectivity index (χ3n) is 2.38. The minimum atomic E-state index is -0.309. The van der Waals surface area contributed by atoms with E-state index in [1.807, 2.05) is 17.8 Å². The SMILES string of the molecule is Cn1ccnc1Cc1ccc(F)cc1N. The summed E-state index contributed by atoms with van der Waals surface area (Å²) >= 11 is 0. The summed E-state index contributed by atoms with van der Waals surface area (Å²) in [5.74, 6) is 0.601. The molecule has 0 spiro atoms. The molecule has 0 radical (unpaired) electrons. The number of anilines is 1. The van der Waals surface area contributed by atoms with Gasteiger partial charge < -0.3 is 10.3 Å². The van der Waals surface area contributed by atoms with Gasteiger partial charge in [-0.3, -0.25) is 0 Å². The summed E-state index contributed by atoms with van der Waals surface area (Å²) in [4.78, 5) is 4.19. The van der Waals surface area contributed by atoms with E-state index in [1.165, 1.54) is 12.1 Å². The highest BCUT2D eigenvalue weighted by atomic mass is 19.1. The van der Waals surface area contributed by atoms with Crippen LogP contribution in [0.5, 0.6) is 0 Å². The quantitative estimate of drug-likeness (QED) is 0.759. The molecular weight excluding hydrogens is 193 g/mol. The van der Waals surface area contributed by atoms with Gasteiger partial charge in [-0.25, -0.2) is 9.37 Å². The van der Waals surface area contributed by atoms with Crippen LogP contribution in [0, 0.1) is 5.82 Å². The van der Waals surface area contributed by atoms with E-state index in [2.05, 4.69) is 4.98 Å². The summed E-state index contributed by atoms with van der Waals surface area (Å²) in [6, 6.07) is 4.44. The summed E-state index contributed by atoms with van der Waals surface area (Å²) < 4.78 is 14.7. The van der Waals surface area contributed by atoms with Gasteiger partial charge in [0.2, 0.25) is 0 Å². The summed E-state index contributed by atoms with van der Waals surface area (Å²) in [5.41, 5.74) is 7.08. The summed E-state index contributed by atoms with van der Waals surface area (Å²) in [6.45, 7) is 0. The number of halogens is 1. The van der Waals surface area contributed by atoms with Gasteiger partial charge in [-0.05, 0) is 17.7 Å². The third-order valence-corrected chi connectivity index (χ3v) is 2.38. The highest BCUT2D eigenvalue weighted by Crippen LogP contribution is 2.16. The Bertz CT molecular complexity index is 476. The molecule has 0 aliphatic heterocycles. The number of nitrogens with two attached hydrogens (primary N) is 1. The standard InChI is InChI=1S/C11H12FN3/c1-15-5-4-14-11(15)6-8-2-3-9(12)7-10(8)13/h2-5,7H,6,13H2,1H3. The minimum absolute atomic E-state index is 0.309. The molecule has 0 bridgehead atoms. The van der Waals surface area contributed by atoms with Crippen molar-refractivity contribution in [3.63, 3.8) is 0 Å². The van der Waals surface area contributed by atoms with Crippen molar-refractivity contribution in [2.24, 2.45) is 7.05 Å². The predicted octanol–water partition coefficient (Wildman–Crippen LogP) is 1.73. The topological polar surface area (TPSA) is 43.8 Å². The van der Waals surface area contributed by atoms with Gasteiger partial charge in [0.25, 0.3) is 0 Å². The number of benzene rings is 1. The first-order valence-corrected chi connectivity index (χ1v) is 4.67. The fourth-order valence-electron chi connectivity index (χ4n) is 1.46. The van der Waals surface area contributed by atoms with Crippen molar-refractivity contribution in [3.8, 4) is 0 Å². The van der Waals surface area contributed by atoms with Crippen molar-refractivity contribution in [1.29, 1.82) is 0 Å². The van der Waals surface area contributed by atoms with Crippen LogP contribution < -0.4 is 5.73 Å². The zero-order valence-electron chi connectivity index (χ0n) is 8.44. The van der Waals surface area contributed by atoms with E-state index >= 15 is 0 Å². The van der Waals surface area contributed by atoms with Gasteiger partial charge >= 0.3 is 0 Å². The molecule has 2 rings (SSSR count). The van der Waals surface area contributed by atoms with Crippen molar-refractivity contribution in [3.05, 3.63) is 47.8 Å². The average molecular weight is 205 g/mol. The summed E-state index contributed by atoms with van der Waals surface area (Å²) in [5, 5.41) is 0. The van der Waals surface area contributed by atoms with Crippen LogP contribution in [-0.2, 0) is 13.5 Å². The minimum Gasteiger partial charge on any atom is -0.398 e. The molecule has 78 valence electrons. The molecular formula is C11H12FN3. The average Bonchev–Trinajstić information content (AvgIpc) is 2.57. The van der Waals surface area contributed by atoms with Gasteiger partial charge in [0.15, 0.2) is 0 Å². The second kappa shape index (κ2) is 3.73. The number of nitrogen functional groups attached to an aromatic ring is 1. The van der Waals surface area contributed by atoms with Gasteiger partial charge in [-0.2, -0.15) is 0 Å². The normalized spacial score (nSPS) is 10.5. The molecule has 0 unspecified atom stereocenters. The van der Waals surface area contributed by atoms with Crippen molar-refractivity contribution >= 4 is 5.69 Å². The van der Waals surface area contributed by atoms with Gasteiger partial charge in [-0.15, -0.1) is 0 Å². The van der Waals surface area contributed by atoms with Crippen molar-refractivity contribution in [2.45, 2.75) is 6.42 Å². The van der Waals surface area contributed by atoms with Crippen LogP contribution in [0.25, 0.3) is 0 Å². The van der Waals surface area contributed by atoms with E-state index in [0.717, 1.165) is 11.4 Å². The molecule has 3 nitrogen and oxygen atoms in total.